The minimum Gasteiger partial charge on any atom is -0.322 e. The maximum absolute atomic E-state index is 12.2. The third kappa shape index (κ3) is 3.69. The number of benzene rings is 2. The van der Waals surface area contributed by atoms with E-state index in [0.29, 0.717) is 10.6 Å². The number of nitro benzene ring substituents is 1. The summed E-state index contributed by atoms with van der Waals surface area (Å²) in [5.41, 5.74) is -0.0698. The van der Waals surface area contributed by atoms with E-state index in [2.05, 4.69) is 5.32 Å². The lowest BCUT2D eigenvalue weighted by Crippen LogP contribution is -2.14. The second-order valence-electron chi connectivity index (χ2n) is 4.35. The molecule has 0 saturated carbocycles. The highest BCUT2D eigenvalue weighted by atomic mass is 35.5. The molecule has 114 valence electrons. The summed E-state index contributed by atoms with van der Waals surface area (Å²) in [5.74, 6) is -0.637. The molecule has 0 aliphatic rings. The molecule has 0 bridgehead atoms. The van der Waals surface area contributed by atoms with Gasteiger partial charge in [-0.25, -0.2) is 0 Å². The second kappa shape index (κ2) is 6.67. The summed E-state index contributed by atoms with van der Waals surface area (Å²) in [6, 6.07) is 10.3. The molecule has 2 rings (SSSR count). The summed E-state index contributed by atoms with van der Waals surface area (Å²) in [5, 5.41) is 13.7. The summed E-state index contributed by atoms with van der Waals surface area (Å²) in [6.45, 7) is 0. The van der Waals surface area contributed by atoms with Crippen LogP contribution in [0.15, 0.2) is 47.4 Å². The highest BCUT2D eigenvalue weighted by molar-refractivity contribution is 7.84. The predicted octanol–water partition coefficient (Wildman–Crippen LogP) is 3.24. The molecule has 1 N–H and O–H groups in total. The Morgan fingerprint density at radius 1 is 1.27 bits per heavy atom. The Labute approximate surface area is 133 Å². The molecule has 0 saturated heterocycles. The van der Waals surface area contributed by atoms with Gasteiger partial charge in [-0.1, -0.05) is 17.7 Å². The highest BCUT2D eigenvalue weighted by Crippen LogP contribution is 2.24. The maximum Gasteiger partial charge on any atom is 0.283 e. The van der Waals surface area contributed by atoms with Crippen molar-refractivity contribution in [3.8, 4) is 0 Å². The summed E-state index contributed by atoms with van der Waals surface area (Å²) in [6.07, 6.45) is 1.52. The van der Waals surface area contributed by atoms with E-state index >= 15 is 0 Å². The molecule has 6 nitrogen and oxygen atoms in total. The molecule has 0 fully saturated rings. The average Bonchev–Trinajstić information content (AvgIpc) is 2.47. The summed E-state index contributed by atoms with van der Waals surface area (Å²) >= 11 is 5.71. The van der Waals surface area contributed by atoms with Crippen LogP contribution < -0.4 is 5.32 Å². The number of nitrogens with one attached hydrogen (secondary N) is 1. The molecule has 2 aromatic carbocycles. The Morgan fingerprint density at radius 2 is 2.00 bits per heavy atom. The normalized spacial score (nSPS) is 11.7. The highest BCUT2D eigenvalue weighted by Gasteiger charge is 2.20. The number of nitrogens with zero attached hydrogens (tertiary/aromatic N) is 1. The lowest BCUT2D eigenvalue weighted by atomic mass is 10.1. The van der Waals surface area contributed by atoms with Gasteiger partial charge in [0.1, 0.15) is 5.56 Å². The molecule has 0 aliphatic carbocycles. The van der Waals surface area contributed by atoms with Gasteiger partial charge in [0.2, 0.25) is 0 Å². The number of halogens is 1. The number of carbonyl (C=O) groups excluding carboxylic acids is 1. The quantitative estimate of drug-likeness (QED) is 0.684. The first-order valence-corrected chi connectivity index (χ1v) is 8.01. The van der Waals surface area contributed by atoms with E-state index in [-0.39, 0.29) is 16.3 Å². The van der Waals surface area contributed by atoms with Crippen molar-refractivity contribution in [2.24, 2.45) is 0 Å². The molecule has 0 spiro atoms. The lowest BCUT2D eigenvalue weighted by molar-refractivity contribution is -0.385. The molecular formula is C14H11ClN2O4S. The van der Waals surface area contributed by atoms with Crippen molar-refractivity contribution in [1.82, 2.24) is 0 Å². The number of hydrogen-bond donors (Lipinski definition) is 1. The SMILES string of the molecule is C[S@](=O)c1cccc(NC(=O)c2ccc(Cl)cc2[N+](=O)[O-])c1. The van der Waals surface area contributed by atoms with Crippen molar-refractivity contribution >= 4 is 39.7 Å². The zero-order valence-electron chi connectivity index (χ0n) is 11.4. The van der Waals surface area contributed by atoms with E-state index in [9.17, 15) is 19.1 Å². The third-order valence-corrected chi connectivity index (χ3v) is 3.98. The first-order valence-electron chi connectivity index (χ1n) is 6.07. The van der Waals surface area contributed by atoms with Crippen LogP contribution in [0.1, 0.15) is 10.4 Å². The Bertz CT molecular complexity index is 779. The molecule has 8 heteroatoms. The van der Waals surface area contributed by atoms with Gasteiger partial charge in [0.15, 0.2) is 0 Å². The minimum absolute atomic E-state index is 0.0996. The van der Waals surface area contributed by atoms with Gasteiger partial charge in [0.25, 0.3) is 11.6 Å². The van der Waals surface area contributed by atoms with Crippen molar-refractivity contribution in [2.45, 2.75) is 4.90 Å². The largest absolute Gasteiger partial charge is 0.322 e. The summed E-state index contributed by atoms with van der Waals surface area (Å²) < 4.78 is 11.4. The Balaban J connectivity index is 2.32. The van der Waals surface area contributed by atoms with E-state index < -0.39 is 21.6 Å². The number of rotatable bonds is 4. The van der Waals surface area contributed by atoms with Crippen molar-refractivity contribution in [1.29, 1.82) is 0 Å². The Kier molecular flexibility index (Phi) is 4.89. The fourth-order valence-electron chi connectivity index (χ4n) is 1.80. The lowest BCUT2D eigenvalue weighted by Gasteiger charge is -2.07. The fourth-order valence-corrected chi connectivity index (χ4v) is 2.53. The Hall–Kier alpha value is -2.25. The number of hydrogen-bond acceptors (Lipinski definition) is 4. The van der Waals surface area contributed by atoms with Gasteiger partial charge in [0.05, 0.1) is 4.92 Å². The van der Waals surface area contributed by atoms with Gasteiger partial charge >= 0.3 is 0 Å². The zero-order valence-corrected chi connectivity index (χ0v) is 13.0. The number of carbonyl (C=O) groups is 1. The van der Waals surface area contributed by atoms with Crippen molar-refractivity contribution in [2.75, 3.05) is 11.6 Å². The van der Waals surface area contributed by atoms with E-state index in [0.717, 1.165) is 6.07 Å². The van der Waals surface area contributed by atoms with E-state index in [1.54, 1.807) is 24.3 Å². The second-order valence-corrected chi connectivity index (χ2v) is 6.17. The molecule has 0 heterocycles. The predicted molar refractivity (Wildman–Crippen MR) is 84.8 cm³/mol. The first kappa shape index (κ1) is 16.1. The standard InChI is InChI=1S/C14H11ClN2O4S/c1-22(21)11-4-2-3-10(8-11)16-14(18)12-6-5-9(15)7-13(12)17(19)20/h2-8H,1H3,(H,16,18)/t22-/m0/s1. The van der Waals surface area contributed by atoms with E-state index in [4.69, 9.17) is 11.6 Å². The van der Waals surface area contributed by atoms with Gasteiger partial charge in [-0.15, -0.1) is 0 Å². The summed E-state index contributed by atoms with van der Waals surface area (Å²) in [7, 11) is -1.19. The summed E-state index contributed by atoms with van der Waals surface area (Å²) in [4.78, 5) is 23.1. The van der Waals surface area contributed by atoms with Crippen LogP contribution in [0.5, 0.6) is 0 Å². The van der Waals surface area contributed by atoms with E-state index in [1.165, 1.54) is 18.4 Å². The molecule has 22 heavy (non-hydrogen) atoms. The third-order valence-electron chi connectivity index (χ3n) is 2.82. The van der Waals surface area contributed by atoms with Crippen molar-refractivity contribution in [3.63, 3.8) is 0 Å². The molecular weight excluding hydrogens is 328 g/mol. The minimum atomic E-state index is -1.19. The van der Waals surface area contributed by atoms with E-state index in [1.807, 2.05) is 0 Å². The van der Waals surface area contributed by atoms with Crippen molar-refractivity contribution in [3.05, 3.63) is 63.2 Å². The van der Waals surface area contributed by atoms with Gasteiger partial charge in [-0.05, 0) is 30.3 Å². The smallest absolute Gasteiger partial charge is 0.283 e. The van der Waals surface area contributed by atoms with Crippen LogP contribution in [0.2, 0.25) is 5.02 Å². The molecule has 1 atom stereocenters. The van der Waals surface area contributed by atoms with Crippen LogP contribution in [0.4, 0.5) is 11.4 Å². The fraction of sp³-hybridized carbons (Fsp3) is 0.0714. The average molecular weight is 339 g/mol. The number of amides is 1. The maximum atomic E-state index is 12.2. The zero-order chi connectivity index (χ0) is 16.3. The molecule has 0 unspecified atom stereocenters. The Morgan fingerprint density at radius 3 is 2.64 bits per heavy atom. The van der Waals surface area contributed by atoms with Crippen LogP contribution >= 0.6 is 11.6 Å². The molecule has 2 aromatic rings. The van der Waals surface area contributed by atoms with Crippen LogP contribution in [0, 0.1) is 10.1 Å². The number of anilines is 1. The van der Waals surface area contributed by atoms with Crippen LogP contribution in [0.25, 0.3) is 0 Å². The molecule has 0 radical (unpaired) electrons. The van der Waals surface area contributed by atoms with Gasteiger partial charge in [0, 0.05) is 38.7 Å². The van der Waals surface area contributed by atoms with Crippen molar-refractivity contribution < 1.29 is 13.9 Å². The topological polar surface area (TPSA) is 89.3 Å². The first-order chi connectivity index (χ1) is 10.4. The number of nitro groups is 1. The van der Waals surface area contributed by atoms with Crippen LogP contribution in [-0.4, -0.2) is 21.3 Å². The molecule has 0 aromatic heterocycles. The van der Waals surface area contributed by atoms with Gasteiger partial charge in [-0.3, -0.25) is 19.1 Å². The molecule has 1 amide bonds. The van der Waals surface area contributed by atoms with Crippen LogP contribution in [-0.2, 0) is 10.8 Å². The van der Waals surface area contributed by atoms with Gasteiger partial charge in [-0.2, -0.15) is 0 Å². The van der Waals surface area contributed by atoms with Gasteiger partial charge < -0.3 is 5.32 Å². The molecule has 0 aliphatic heterocycles. The van der Waals surface area contributed by atoms with Crippen LogP contribution in [0.3, 0.4) is 0 Å². The monoisotopic (exact) mass is 338 g/mol.